The van der Waals surface area contributed by atoms with Crippen LogP contribution in [0.2, 0.25) is 0 Å². The second-order valence-electron chi connectivity index (χ2n) is 8.40. The SMILES string of the molecule is Cc1cc(Nc2ccc(NC(=O)c3cccc(-n4cccn4)c3)cc2)nc(N2CCCCC2)n1. The zero-order valence-corrected chi connectivity index (χ0v) is 19.1. The number of rotatable bonds is 6. The predicted octanol–water partition coefficient (Wildman–Crippen LogP) is 4.96. The highest BCUT2D eigenvalue weighted by atomic mass is 16.1. The van der Waals surface area contributed by atoms with Gasteiger partial charge in [0, 0.05) is 54.2 Å². The molecule has 1 saturated heterocycles. The molecule has 4 aromatic rings. The number of nitrogens with zero attached hydrogens (tertiary/aromatic N) is 5. The van der Waals surface area contributed by atoms with Crippen LogP contribution >= 0.6 is 0 Å². The summed E-state index contributed by atoms with van der Waals surface area (Å²) in [5, 5.41) is 10.5. The number of carbonyl (C=O) groups excluding carboxylic acids is 1. The van der Waals surface area contributed by atoms with E-state index in [1.165, 1.54) is 19.3 Å². The van der Waals surface area contributed by atoms with E-state index in [2.05, 4.69) is 25.6 Å². The zero-order valence-electron chi connectivity index (χ0n) is 19.1. The van der Waals surface area contributed by atoms with Gasteiger partial charge in [-0.25, -0.2) is 9.67 Å². The molecule has 0 bridgehead atoms. The van der Waals surface area contributed by atoms with Gasteiger partial charge in [-0.3, -0.25) is 4.79 Å². The molecule has 0 aliphatic carbocycles. The Hall–Kier alpha value is -4.20. The van der Waals surface area contributed by atoms with Crippen LogP contribution in [0.25, 0.3) is 5.69 Å². The summed E-state index contributed by atoms with van der Waals surface area (Å²) in [5.74, 6) is 1.37. The number of hydrogen-bond donors (Lipinski definition) is 2. The summed E-state index contributed by atoms with van der Waals surface area (Å²) in [6.07, 6.45) is 7.19. The molecule has 34 heavy (non-hydrogen) atoms. The summed E-state index contributed by atoms with van der Waals surface area (Å²) >= 11 is 0. The maximum atomic E-state index is 12.8. The van der Waals surface area contributed by atoms with Crippen molar-refractivity contribution in [2.75, 3.05) is 28.6 Å². The molecule has 5 rings (SSSR count). The average Bonchev–Trinajstić information content (AvgIpc) is 3.41. The van der Waals surface area contributed by atoms with Gasteiger partial charge in [-0.15, -0.1) is 0 Å². The normalized spacial score (nSPS) is 13.5. The molecule has 1 aliphatic heterocycles. The van der Waals surface area contributed by atoms with E-state index in [9.17, 15) is 4.79 Å². The highest BCUT2D eigenvalue weighted by Crippen LogP contribution is 2.22. The number of anilines is 4. The lowest BCUT2D eigenvalue weighted by Crippen LogP contribution is -2.31. The Morgan fingerprint density at radius 2 is 1.71 bits per heavy atom. The molecule has 0 atom stereocenters. The lowest BCUT2D eigenvalue weighted by molar-refractivity contribution is 0.102. The van der Waals surface area contributed by atoms with Crippen LogP contribution in [0, 0.1) is 6.92 Å². The number of carbonyl (C=O) groups is 1. The van der Waals surface area contributed by atoms with Gasteiger partial charge in [-0.05, 0) is 74.7 Å². The van der Waals surface area contributed by atoms with Crippen LogP contribution in [-0.4, -0.2) is 38.7 Å². The maximum Gasteiger partial charge on any atom is 0.255 e. The lowest BCUT2D eigenvalue weighted by atomic mass is 10.1. The molecule has 8 nitrogen and oxygen atoms in total. The van der Waals surface area contributed by atoms with E-state index in [-0.39, 0.29) is 5.91 Å². The third-order valence-corrected chi connectivity index (χ3v) is 5.77. The fourth-order valence-corrected chi connectivity index (χ4v) is 4.05. The van der Waals surface area contributed by atoms with Crippen molar-refractivity contribution < 1.29 is 4.79 Å². The zero-order chi connectivity index (χ0) is 23.3. The molecule has 0 spiro atoms. The largest absolute Gasteiger partial charge is 0.341 e. The second kappa shape index (κ2) is 9.74. The summed E-state index contributed by atoms with van der Waals surface area (Å²) in [6, 6.07) is 18.7. The van der Waals surface area contributed by atoms with Crippen LogP contribution in [0.1, 0.15) is 35.3 Å². The van der Waals surface area contributed by atoms with Crippen molar-refractivity contribution in [1.29, 1.82) is 0 Å². The van der Waals surface area contributed by atoms with Gasteiger partial charge in [0.2, 0.25) is 5.95 Å². The summed E-state index contributed by atoms with van der Waals surface area (Å²) < 4.78 is 1.72. The quantitative estimate of drug-likeness (QED) is 0.429. The topological polar surface area (TPSA) is 88.0 Å². The number of piperidine rings is 1. The van der Waals surface area contributed by atoms with E-state index >= 15 is 0 Å². The summed E-state index contributed by atoms with van der Waals surface area (Å²) in [7, 11) is 0. The fourth-order valence-electron chi connectivity index (χ4n) is 4.05. The number of hydrogen-bond acceptors (Lipinski definition) is 6. The molecule has 2 aromatic heterocycles. The fraction of sp³-hybridized carbons (Fsp3) is 0.231. The Morgan fingerprint density at radius 1 is 0.912 bits per heavy atom. The Labute approximate surface area is 198 Å². The minimum Gasteiger partial charge on any atom is -0.341 e. The highest BCUT2D eigenvalue weighted by molar-refractivity contribution is 6.04. The first-order chi connectivity index (χ1) is 16.6. The molecule has 172 valence electrons. The highest BCUT2D eigenvalue weighted by Gasteiger charge is 2.15. The smallest absolute Gasteiger partial charge is 0.255 e. The molecule has 1 amide bonds. The van der Waals surface area contributed by atoms with Crippen LogP contribution in [0.5, 0.6) is 0 Å². The molecular formula is C26H27N7O. The van der Waals surface area contributed by atoms with Gasteiger partial charge in [0.15, 0.2) is 0 Å². The van der Waals surface area contributed by atoms with Gasteiger partial charge in [0.25, 0.3) is 5.91 Å². The maximum absolute atomic E-state index is 12.8. The van der Waals surface area contributed by atoms with E-state index in [1.54, 1.807) is 16.9 Å². The van der Waals surface area contributed by atoms with E-state index in [1.807, 2.05) is 67.7 Å². The van der Waals surface area contributed by atoms with Crippen molar-refractivity contribution in [2.45, 2.75) is 26.2 Å². The third-order valence-electron chi connectivity index (χ3n) is 5.77. The Morgan fingerprint density at radius 3 is 2.47 bits per heavy atom. The van der Waals surface area contributed by atoms with Crippen molar-refractivity contribution in [2.24, 2.45) is 0 Å². The van der Waals surface area contributed by atoms with E-state index in [0.29, 0.717) is 11.3 Å². The average molecular weight is 454 g/mol. The molecule has 0 radical (unpaired) electrons. The van der Waals surface area contributed by atoms with Gasteiger partial charge in [0.1, 0.15) is 5.82 Å². The molecule has 1 aliphatic rings. The monoisotopic (exact) mass is 453 g/mol. The summed E-state index contributed by atoms with van der Waals surface area (Å²) in [4.78, 5) is 24.3. The van der Waals surface area contributed by atoms with E-state index in [0.717, 1.165) is 41.9 Å². The van der Waals surface area contributed by atoms with Crippen molar-refractivity contribution in [3.8, 4) is 5.69 Å². The van der Waals surface area contributed by atoms with Crippen molar-refractivity contribution >= 4 is 29.0 Å². The van der Waals surface area contributed by atoms with Crippen LogP contribution in [0.4, 0.5) is 23.1 Å². The van der Waals surface area contributed by atoms with Crippen LogP contribution in [-0.2, 0) is 0 Å². The van der Waals surface area contributed by atoms with Gasteiger partial charge in [-0.1, -0.05) is 6.07 Å². The van der Waals surface area contributed by atoms with Gasteiger partial charge in [-0.2, -0.15) is 10.1 Å². The standard InChI is InChI=1S/C26H27N7O/c1-19-17-24(31-26(28-19)32-14-3-2-4-15-32)29-21-9-11-22(12-10-21)30-25(34)20-7-5-8-23(18-20)33-16-6-13-27-33/h5-13,16-18H,2-4,14-15H2,1H3,(H,30,34)(H,28,29,31). The molecule has 8 heteroatoms. The number of nitrogens with one attached hydrogen (secondary N) is 2. The van der Waals surface area contributed by atoms with Crippen molar-refractivity contribution in [3.05, 3.63) is 84.3 Å². The minimum absolute atomic E-state index is 0.174. The van der Waals surface area contributed by atoms with Crippen LogP contribution < -0.4 is 15.5 Å². The number of aryl methyl sites for hydroxylation is 1. The van der Waals surface area contributed by atoms with Gasteiger partial charge >= 0.3 is 0 Å². The number of aromatic nitrogens is 4. The van der Waals surface area contributed by atoms with E-state index in [4.69, 9.17) is 4.98 Å². The van der Waals surface area contributed by atoms with Crippen molar-refractivity contribution in [3.63, 3.8) is 0 Å². The molecule has 0 saturated carbocycles. The molecule has 3 heterocycles. The Balaban J connectivity index is 1.25. The Kier molecular flexibility index (Phi) is 6.20. The minimum atomic E-state index is -0.174. The van der Waals surface area contributed by atoms with Gasteiger partial charge in [0.05, 0.1) is 5.69 Å². The summed E-state index contributed by atoms with van der Waals surface area (Å²) in [5.41, 5.74) is 3.94. The number of amides is 1. The molecular weight excluding hydrogens is 426 g/mol. The van der Waals surface area contributed by atoms with Crippen LogP contribution in [0.3, 0.4) is 0 Å². The predicted molar refractivity (Wildman–Crippen MR) is 134 cm³/mol. The molecule has 0 unspecified atom stereocenters. The molecule has 1 fully saturated rings. The first kappa shape index (κ1) is 21.6. The first-order valence-electron chi connectivity index (χ1n) is 11.5. The van der Waals surface area contributed by atoms with E-state index < -0.39 is 0 Å². The lowest BCUT2D eigenvalue weighted by Gasteiger charge is -2.27. The molecule has 2 aromatic carbocycles. The first-order valence-corrected chi connectivity index (χ1v) is 11.5. The summed E-state index contributed by atoms with van der Waals surface area (Å²) in [6.45, 7) is 3.99. The number of benzene rings is 2. The Bertz CT molecular complexity index is 1260. The third kappa shape index (κ3) is 5.06. The second-order valence-corrected chi connectivity index (χ2v) is 8.40. The van der Waals surface area contributed by atoms with Crippen molar-refractivity contribution in [1.82, 2.24) is 19.7 Å². The molecule has 2 N–H and O–H groups in total. The van der Waals surface area contributed by atoms with Crippen LogP contribution in [0.15, 0.2) is 73.1 Å². The van der Waals surface area contributed by atoms with Gasteiger partial charge < -0.3 is 15.5 Å².